The molecule has 0 unspecified atom stereocenters. The number of hydrogen-bond acceptors (Lipinski definition) is 6. The van der Waals surface area contributed by atoms with Crippen LogP contribution in [0.4, 0.5) is 11.6 Å². The number of pyridine rings is 1. The first-order valence-corrected chi connectivity index (χ1v) is 9.22. The van der Waals surface area contributed by atoms with E-state index in [1.54, 1.807) is 6.20 Å². The highest BCUT2D eigenvalue weighted by atomic mass is 16.2. The zero-order valence-corrected chi connectivity index (χ0v) is 15.3. The molecule has 1 saturated heterocycles. The summed E-state index contributed by atoms with van der Waals surface area (Å²) in [6.45, 7) is 5.58. The number of aromatic nitrogens is 3. The van der Waals surface area contributed by atoms with Gasteiger partial charge in [0, 0.05) is 44.3 Å². The second-order valence-corrected chi connectivity index (χ2v) is 6.47. The summed E-state index contributed by atoms with van der Waals surface area (Å²) in [5, 5.41) is 13.5. The number of nitrogens with zero attached hydrogens (tertiary/aromatic N) is 5. The number of nitrogens with one attached hydrogen (secondary N) is 1. The fourth-order valence-corrected chi connectivity index (χ4v) is 3.35. The molecule has 0 atom stereocenters. The van der Waals surface area contributed by atoms with Gasteiger partial charge >= 0.3 is 0 Å². The smallest absolute Gasteiger partial charge is 0.273 e. The van der Waals surface area contributed by atoms with Crippen LogP contribution in [0.1, 0.15) is 17.4 Å². The molecule has 138 valence electrons. The first-order chi connectivity index (χ1) is 13.3. The fourth-order valence-electron chi connectivity index (χ4n) is 3.35. The van der Waals surface area contributed by atoms with Gasteiger partial charge in [-0.2, -0.15) is 0 Å². The maximum atomic E-state index is 13.0. The standard InChI is InChI=1S/C20H22N6O/c1-2-21-17-7-8-18(24-23-17)25-11-13-26(14-12-25)20(27)19-16-6-4-3-5-15(16)9-10-22-19/h3-10H,2,11-14H2,1H3,(H,21,23). The van der Waals surface area contributed by atoms with Gasteiger partial charge < -0.3 is 15.1 Å². The Labute approximate surface area is 158 Å². The summed E-state index contributed by atoms with van der Waals surface area (Å²) in [7, 11) is 0. The second-order valence-electron chi connectivity index (χ2n) is 6.47. The molecule has 3 heterocycles. The Morgan fingerprint density at radius 2 is 1.85 bits per heavy atom. The minimum absolute atomic E-state index is 0.0139. The summed E-state index contributed by atoms with van der Waals surface area (Å²) >= 11 is 0. The van der Waals surface area contributed by atoms with Gasteiger partial charge in [0.15, 0.2) is 5.82 Å². The topological polar surface area (TPSA) is 74.2 Å². The number of piperazine rings is 1. The number of anilines is 2. The van der Waals surface area contributed by atoms with E-state index < -0.39 is 0 Å². The first-order valence-electron chi connectivity index (χ1n) is 9.22. The van der Waals surface area contributed by atoms with Gasteiger partial charge in [0.1, 0.15) is 11.5 Å². The molecule has 3 aromatic rings. The van der Waals surface area contributed by atoms with Crippen LogP contribution < -0.4 is 10.2 Å². The van der Waals surface area contributed by atoms with Crippen LogP contribution in [0, 0.1) is 0 Å². The molecule has 7 nitrogen and oxygen atoms in total. The lowest BCUT2D eigenvalue weighted by molar-refractivity contribution is 0.0743. The van der Waals surface area contributed by atoms with E-state index in [4.69, 9.17) is 0 Å². The van der Waals surface area contributed by atoms with Gasteiger partial charge in [-0.25, -0.2) is 0 Å². The number of rotatable bonds is 4. The van der Waals surface area contributed by atoms with E-state index in [0.29, 0.717) is 18.8 Å². The van der Waals surface area contributed by atoms with E-state index in [2.05, 4.69) is 25.4 Å². The summed E-state index contributed by atoms with van der Waals surface area (Å²) in [4.78, 5) is 21.4. The van der Waals surface area contributed by atoms with Gasteiger partial charge in [0.2, 0.25) is 0 Å². The van der Waals surface area contributed by atoms with E-state index in [9.17, 15) is 4.79 Å². The lowest BCUT2D eigenvalue weighted by atomic mass is 10.1. The molecular formula is C20H22N6O. The van der Waals surface area contributed by atoms with Crippen molar-refractivity contribution in [3.05, 3.63) is 54.4 Å². The number of carbonyl (C=O) groups excluding carboxylic acids is 1. The van der Waals surface area contributed by atoms with Gasteiger partial charge in [0.25, 0.3) is 5.91 Å². The maximum Gasteiger partial charge on any atom is 0.273 e. The van der Waals surface area contributed by atoms with Crippen molar-refractivity contribution in [2.75, 3.05) is 42.9 Å². The number of amides is 1. The van der Waals surface area contributed by atoms with Gasteiger partial charge in [0.05, 0.1) is 0 Å². The quantitative estimate of drug-likeness (QED) is 0.768. The lowest BCUT2D eigenvalue weighted by Crippen LogP contribution is -2.49. The van der Waals surface area contributed by atoms with Crippen molar-refractivity contribution < 1.29 is 4.79 Å². The highest BCUT2D eigenvalue weighted by molar-refractivity contribution is 6.05. The number of carbonyl (C=O) groups is 1. The predicted molar refractivity (Wildman–Crippen MR) is 106 cm³/mol. The largest absolute Gasteiger partial charge is 0.369 e. The Morgan fingerprint density at radius 3 is 2.59 bits per heavy atom. The molecule has 1 aromatic carbocycles. The van der Waals surface area contributed by atoms with Gasteiger partial charge in [-0.05, 0) is 30.5 Å². The molecule has 1 N–H and O–H groups in total. The van der Waals surface area contributed by atoms with E-state index in [0.717, 1.165) is 42.0 Å². The molecule has 0 radical (unpaired) electrons. The van der Waals surface area contributed by atoms with E-state index in [1.807, 2.05) is 54.3 Å². The lowest BCUT2D eigenvalue weighted by Gasteiger charge is -2.35. The summed E-state index contributed by atoms with van der Waals surface area (Å²) in [5.41, 5.74) is 0.524. The van der Waals surface area contributed by atoms with Crippen LogP contribution in [0.3, 0.4) is 0 Å². The van der Waals surface area contributed by atoms with Crippen molar-refractivity contribution in [1.82, 2.24) is 20.1 Å². The number of benzene rings is 1. The van der Waals surface area contributed by atoms with Crippen LogP contribution in [0.15, 0.2) is 48.7 Å². The Kier molecular flexibility index (Phi) is 4.82. The molecular weight excluding hydrogens is 340 g/mol. The van der Waals surface area contributed by atoms with Crippen molar-refractivity contribution in [3.63, 3.8) is 0 Å². The maximum absolute atomic E-state index is 13.0. The van der Waals surface area contributed by atoms with Gasteiger partial charge in [-0.1, -0.05) is 24.3 Å². The second kappa shape index (κ2) is 7.57. The molecule has 1 aliphatic rings. The molecule has 0 aliphatic carbocycles. The minimum Gasteiger partial charge on any atom is -0.369 e. The third-order valence-corrected chi connectivity index (χ3v) is 4.78. The molecule has 1 aliphatic heterocycles. The Hall–Kier alpha value is -3.22. The third-order valence-electron chi connectivity index (χ3n) is 4.78. The molecule has 27 heavy (non-hydrogen) atoms. The van der Waals surface area contributed by atoms with Crippen molar-refractivity contribution in [2.24, 2.45) is 0 Å². The highest BCUT2D eigenvalue weighted by Gasteiger charge is 2.25. The Balaban J connectivity index is 1.45. The van der Waals surface area contributed by atoms with Crippen LogP contribution in [-0.2, 0) is 0 Å². The van der Waals surface area contributed by atoms with E-state index in [-0.39, 0.29) is 5.91 Å². The highest BCUT2D eigenvalue weighted by Crippen LogP contribution is 2.20. The summed E-state index contributed by atoms with van der Waals surface area (Å²) in [6.07, 6.45) is 1.70. The van der Waals surface area contributed by atoms with Crippen molar-refractivity contribution in [1.29, 1.82) is 0 Å². The zero-order chi connectivity index (χ0) is 18.6. The van der Waals surface area contributed by atoms with Crippen molar-refractivity contribution in [2.45, 2.75) is 6.92 Å². The number of fused-ring (bicyclic) bond motifs is 1. The predicted octanol–water partition coefficient (Wildman–Crippen LogP) is 2.42. The SMILES string of the molecule is CCNc1ccc(N2CCN(C(=O)c3nccc4ccccc34)CC2)nn1. The Morgan fingerprint density at radius 1 is 1.04 bits per heavy atom. The molecule has 0 saturated carbocycles. The van der Waals surface area contributed by atoms with Crippen LogP contribution in [0.25, 0.3) is 10.8 Å². The molecule has 1 fully saturated rings. The molecule has 1 amide bonds. The van der Waals surface area contributed by atoms with Gasteiger partial charge in [-0.3, -0.25) is 9.78 Å². The molecule has 0 bridgehead atoms. The zero-order valence-electron chi connectivity index (χ0n) is 15.3. The minimum atomic E-state index is -0.0139. The van der Waals surface area contributed by atoms with Crippen LogP contribution in [0.2, 0.25) is 0 Å². The summed E-state index contributed by atoms with van der Waals surface area (Å²) in [6, 6.07) is 13.7. The Bertz CT molecular complexity index is 929. The normalized spacial score (nSPS) is 14.4. The molecule has 7 heteroatoms. The summed E-state index contributed by atoms with van der Waals surface area (Å²) in [5.74, 6) is 1.60. The average molecular weight is 362 g/mol. The van der Waals surface area contributed by atoms with Gasteiger partial charge in [-0.15, -0.1) is 10.2 Å². The summed E-state index contributed by atoms with van der Waals surface area (Å²) < 4.78 is 0. The average Bonchev–Trinajstić information content (AvgIpc) is 2.74. The van der Waals surface area contributed by atoms with Crippen LogP contribution >= 0.6 is 0 Å². The van der Waals surface area contributed by atoms with Crippen LogP contribution in [0.5, 0.6) is 0 Å². The molecule has 0 spiro atoms. The van der Waals surface area contributed by atoms with Crippen molar-refractivity contribution >= 4 is 28.3 Å². The van der Waals surface area contributed by atoms with E-state index in [1.165, 1.54) is 0 Å². The fraction of sp³-hybridized carbons (Fsp3) is 0.300. The molecule has 4 rings (SSSR count). The third kappa shape index (κ3) is 3.53. The van der Waals surface area contributed by atoms with Crippen LogP contribution in [-0.4, -0.2) is 58.7 Å². The molecule has 2 aromatic heterocycles. The van der Waals surface area contributed by atoms with Crippen molar-refractivity contribution in [3.8, 4) is 0 Å². The van der Waals surface area contributed by atoms with E-state index >= 15 is 0 Å². The number of hydrogen-bond donors (Lipinski definition) is 1. The monoisotopic (exact) mass is 362 g/mol. The first kappa shape index (κ1) is 17.2.